The molecule has 190 valence electrons. The van der Waals surface area contributed by atoms with E-state index in [2.05, 4.69) is 26.1 Å². The number of aromatic nitrogens is 4. The van der Waals surface area contributed by atoms with Crippen molar-refractivity contribution in [3.05, 3.63) is 76.1 Å². The summed E-state index contributed by atoms with van der Waals surface area (Å²) in [6.07, 6.45) is -0.233. The maximum Gasteiger partial charge on any atom is 0.490 e. The standard InChI is InChI=1S/C23H25N5O.C2HF3O2/c1-17-5-7-18(8-6-17)20-21(29)28-15-11-23(22(28)26-25-20)9-13-27(14-10-23)16-19-4-2-3-12-24-19;3-2(4,5)1(6)7/h2-8,12H,9-11,13-16H2,1H3;(H,6,7). The first-order valence-corrected chi connectivity index (χ1v) is 11.6. The molecule has 3 aromatic rings. The van der Waals surface area contributed by atoms with Crippen LogP contribution in [-0.2, 0) is 23.3 Å². The number of alkyl halides is 3. The summed E-state index contributed by atoms with van der Waals surface area (Å²) in [5.74, 6) is -1.87. The highest BCUT2D eigenvalue weighted by Gasteiger charge is 2.44. The molecule has 0 atom stereocenters. The Morgan fingerprint density at radius 2 is 1.67 bits per heavy atom. The number of benzene rings is 1. The summed E-state index contributed by atoms with van der Waals surface area (Å²) in [4.78, 5) is 28.9. The Kier molecular flexibility index (Phi) is 7.21. The van der Waals surface area contributed by atoms with Crippen molar-refractivity contribution >= 4 is 5.97 Å². The second kappa shape index (κ2) is 10.2. The smallest absolute Gasteiger partial charge is 0.475 e. The Bertz CT molecular complexity index is 1270. The molecule has 0 aliphatic carbocycles. The minimum absolute atomic E-state index is 0.00774. The number of hydrogen-bond donors (Lipinski definition) is 1. The van der Waals surface area contributed by atoms with Crippen molar-refractivity contribution in [1.29, 1.82) is 0 Å². The van der Waals surface area contributed by atoms with Crippen LogP contribution in [0.5, 0.6) is 0 Å². The second-order valence-corrected chi connectivity index (χ2v) is 9.13. The summed E-state index contributed by atoms with van der Waals surface area (Å²) in [7, 11) is 0. The fraction of sp³-hybridized carbons (Fsp3) is 0.400. The monoisotopic (exact) mass is 501 g/mol. The van der Waals surface area contributed by atoms with Crippen molar-refractivity contribution in [2.45, 2.75) is 50.9 Å². The van der Waals surface area contributed by atoms with E-state index in [4.69, 9.17) is 9.90 Å². The van der Waals surface area contributed by atoms with E-state index in [0.717, 1.165) is 62.5 Å². The lowest BCUT2D eigenvalue weighted by molar-refractivity contribution is -0.192. The normalized spacial score (nSPS) is 16.8. The number of hydrogen-bond acceptors (Lipinski definition) is 6. The fourth-order valence-corrected chi connectivity index (χ4v) is 4.68. The minimum Gasteiger partial charge on any atom is -0.475 e. The highest BCUT2D eigenvalue weighted by Crippen LogP contribution is 2.41. The summed E-state index contributed by atoms with van der Waals surface area (Å²) in [5, 5.41) is 16.1. The number of piperidine rings is 1. The number of likely N-dealkylation sites (tertiary alicyclic amines) is 1. The van der Waals surface area contributed by atoms with Gasteiger partial charge in [-0.2, -0.15) is 13.2 Å². The molecule has 11 heteroatoms. The summed E-state index contributed by atoms with van der Waals surface area (Å²) in [5.41, 5.74) is 3.55. The van der Waals surface area contributed by atoms with Crippen LogP contribution < -0.4 is 5.56 Å². The van der Waals surface area contributed by atoms with Crippen LogP contribution >= 0.6 is 0 Å². The molecular weight excluding hydrogens is 475 g/mol. The van der Waals surface area contributed by atoms with Gasteiger partial charge in [0, 0.05) is 30.3 Å². The topological polar surface area (TPSA) is 101 Å². The number of aliphatic carboxylic acids is 1. The number of nitrogens with zero attached hydrogens (tertiary/aromatic N) is 5. The number of rotatable bonds is 3. The van der Waals surface area contributed by atoms with Gasteiger partial charge in [0.25, 0.3) is 5.56 Å². The first-order valence-electron chi connectivity index (χ1n) is 11.6. The number of pyridine rings is 1. The second-order valence-electron chi connectivity index (χ2n) is 9.13. The number of fused-ring (bicyclic) bond motifs is 2. The Morgan fingerprint density at radius 3 is 2.25 bits per heavy atom. The molecule has 2 aliphatic heterocycles. The van der Waals surface area contributed by atoms with Gasteiger partial charge in [-0.05, 0) is 51.4 Å². The Balaban J connectivity index is 0.000000384. The van der Waals surface area contributed by atoms with Gasteiger partial charge in [-0.15, -0.1) is 10.2 Å². The summed E-state index contributed by atoms with van der Waals surface area (Å²) in [6.45, 7) is 5.64. The molecule has 1 saturated heterocycles. The molecule has 1 aromatic carbocycles. The van der Waals surface area contributed by atoms with Gasteiger partial charge in [0.05, 0.1) is 5.69 Å². The Hall–Kier alpha value is -3.60. The zero-order chi connectivity index (χ0) is 25.9. The maximum atomic E-state index is 13.1. The summed E-state index contributed by atoms with van der Waals surface area (Å²) in [6, 6.07) is 14.0. The number of aryl methyl sites for hydroxylation is 1. The molecule has 8 nitrogen and oxygen atoms in total. The number of carboxylic acid groups (broad SMARTS) is 1. The first-order chi connectivity index (χ1) is 17.1. The third kappa shape index (κ3) is 5.46. The average molecular weight is 502 g/mol. The number of carbonyl (C=O) groups is 1. The van der Waals surface area contributed by atoms with E-state index in [-0.39, 0.29) is 11.0 Å². The average Bonchev–Trinajstić information content (AvgIpc) is 3.21. The van der Waals surface area contributed by atoms with Gasteiger partial charge >= 0.3 is 12.1 Å². The van der Waals surface area contributed by atoms with Gasteiger partial charge in [-0.3, -0.25) is 19.2 Å². The number of halogens is 3. The molecule has 2 aromatic heterocycles. The molecular formula is C25H26F3N5O3. The van der Waals surface area contributed by atoms with Crippen LogP contribution in [0.25, 0.3) is 11.3 Å². The summed E-state index contributed by atoms with van der Waals surface area (Å²) < 4.78 is 33.6. The highest BCUT2D eigenvalue weighted by molar-refractivity contribution is 5.73. The van der Waals surface area contributed by atoms with Gasteiger partial charge < -0.3 is 5.11 Å². The van der Waals surface area contributed by atoms with E-state index >= 15 is 0 Å². The molecule has 1 N–H and O–H groups in total. The van der Waals surface area contributed by atoms with Crippen LogP contribution in [0, 0.1) is 6.92 Å². The third-order valence-corrected chi connectivity index (χ3v) is 6.73. The molecule has 0 saturated carbocycles. The van der Waals surface area contributed by atoms with Crippen LogP contribution in [0.15, 0.2) is 53.5 Å². The molecule has 1 spiro atoms. The van der Waals surface area contributed by atoms with E-state index in [1.807, 2.05) is 54.1 Å². The molecule has 1 fully saturated rings. The number of carboxylic acids is 1. The van der Waals surface area contributed by atoms with Gasteiger partial charge in [0.2, 0.25) is 0 Å². The molecule has 4 heterocycles. The van der Waals surface area contributed by atoms with Crippen LogP contribution in [0.4, 0.5) is 13.2 Å². The Morgan fingerprint density at radius 1 is 1.03 bits per heavy atom. The maximum absolute atomic E-state index is 13.1. The SMILES string of the molecule is Cc1ccc(-c2nnc3n(c2=O)CCC32CCN(Cc3ccccn3)CC2)cc1.O=C(O)C(F)(F)F. The minimum atomic E-state index is -5.08. The fourth-order valence-electron chi connectivity index (χ4n) is 4.68. The van der Waals surface area contributed by atoms with E-state index in [1.165, 1.54) is 5.56 Å². The zero-order valence-corrected chi connectivity index (χ0v) is 19.7. The third-order valence-electron chi connectivity index (χ3n) is 6.73. The molecule has 0 bridgehead atoms. The van der Waals surface area contributed by atoms with Crippen LogP contribution in [0.3, 0.4) is 0 Å². The van der Waals surface area contributed by atoms with Gasteiger partial charge in [0.1, 0.15) is 5.82 Å². The predicted molar refractivity (Wildman–Crippen MR) is 125 cm³/mol. The highest BCUT2D eigenvalue weighted by atomic mass is 19.4. The van der Waals surface area contributed by atoms with E-state index < -0.39 is 12.1 Å². The van der Waals surface area contributed by atoms with Gasteiger partial charge in [0.15, 0.2) is 5.69 Å². The first kappa shape index (κ1) is 25.5. The van der Waals surface area contributed by atoms with Crippen molar-refractivity contribution in [2.24, 2.45) is 0 Å². The molecule has 0 radical (unpaired) electrons. The van der Waals surface area contributed by atoms with Gasteiger partial charge in [-0.1, -0.05) is 35.9 Å². The quantitative estimate of drug-likeness (QED) is 0.586. The lowest BCUT2D eigenvalue weighted by Crippen LogP contribution is -2.42. The molecule has 36 heavy (non-hydrogen) atoms. The van der Waals surface area contributed by atoms with Crippen LogP contribution in [0.1, 0.15) is 36.3 Å². The van der Waals surface area contributed by atoms with E-state index in [1.54, 1.807) is 0 Å². The van der Waals surface area contributed by atoms with Crippen molar-refractivity contribution in [2.75, 3.05) is 13.1 Å². The lowest BCUT2D eigenvalue weighted by atomic mass is 9.76. The molecule has 5 rings (SSSR count). The van der Waals surface area contributed by atoms with E-state index in [0.29, 0.717) is 5.69 Å². The lowest BCUT2D eigenvalue weighted by Gasteiger charge is -2.38. The van der Waals surface area contributed by atoms with Crippen molar-refractivity contribution in [3.63, 3.8) is 0 Å². The van der Waals surface area contributed by atoms with Crippen molar-refractivity contribution < 1.29 is 23.1 Å². The van der Waals surface area contributed by atoms with Crippen molar-refractivity contribution in [3.8, 4) is 11.3 Å². The van der Waals surface area contributed by atoms with Gasteiger partial charge in [-0.25, -0.2) is 4.79 Å². The van der Waals surface area contributed by atoms with Crippen molar-refractivity contribution in [1.82, 2.24) is 24.6 Å². The summed E-state index contributed by atoms with van der Waals surface area (Å²) >= 11 is 0. The van der Waals surface area contributed by atoms with E-state index in [9.17, 15) is 18.0 Å². The van der Waals surface area contributed by atoms with Crippen LogP contribution in [-0.4, -0.2) is 55.0 Å². The Labute approximate surface area is 205 Å². The van der Waals surface area contributed by atoms with Crippen LogP contribution in [0.2, 0.25) is 0 Å². The largest absolute Gasteiger partial charge is 0.490 e. The zero-order valence-electron chi connectivity index (χ0n) is 19.7. The molecule has 0 unspecified atom stereocenters. The molecule has 0 amide bonds. The molecule has 2 aliphatic rings. The predicted octanol–water partition coefficient (Wildman–Crippen LogP) is 3.58.